The smallest absolute Gasteiger partial charge is 0.253 e. The number of hydrogen-bond acceptors (Lipinski definition) is 8. The molecule has 0 aliphatic carbocycles. The van der Waals surface area contributed by atoms with Crippen molar-refractivity contribution >= 4 is 21.6 Å². The SMILES string of the molecule is CCOc1cccc(Oc2cccc(S(=O)(=O)c3ccnc(N4CC(C)CC4(C)C)c3C(N)=O)n2)c1. The van der Waals surface area contributed by atoms with Crippen LogP contribution in [0.25, 0.3) is 0 Å². The van der Waals surface area contributed by atoms with Crippen LogP contribution in [-0.4, -0.2) is 43.0 Å². The van der Waals surface area contributed by atoms with E-state index in [4.69, 9.17) is 15.2 Å². The highest BCUT2D eigenvalue weighted by atomic mass is 32.2. The van der Waals surface area contributed by atoms with Crippen molar-refractivity contribution in [3.63, 3.8) is 0 Å². The van der Waals surface area contributed by atoms with Gasteiger partial charge in [0.25, 0.3) is 5.91 Å². The molecule has 9 nitrogen and oxygen atoms in total. The lowest BCUT2D eigenvalue weighted by molar-refractivity contribution is 0.0997. The van der Waals surface area contributed by atoms with Crippen LogP contribution in [0.1, 0.15) is 44.5 Å². The van der Waals surface area contributed by atoms with E-state index in [-0.39, 0.29) is 32.7 Å². The molecule has 190 valence electrons. The van der Waals surface area contributed by atoms with E-state index in [0.29, 0.717) is 30.6 Å². The fraction of sp³-hybridized carbons (Fsp3) is 0.346. The van der Waals surface area contributed by atoms with Crippen LogP contribution in [0.3, 0.4) is 0 Å². The number of anilines is 1. The normalized spacial score (nSPS) is 17.1. The van der Waals surface area contributed by atoms with Gasteiger partial charge in [0.2, 0.25) is 15.7 Å². The van der Waals surface area contributed by atoms with Crippen LogP contribution in [0.5, 0.6) is 17.4 Å². The summed E-state index contributed by atoms with van der Waals surface area (Å²) in [6.07, 6.45) is 2.25. The van der Waals surface area contributed by atoms with Gasteiger partial charge >= 0.3 is 0 Å². The zero-order valence-corrected chi connectivity index (χ0v) is 21.6. The van der Waals surface area contributed by atoms with Gasteiger partial charge in [-0.05, 0) is 57.4 Å². The number of aromatic nitrogens is 2. The van der Waals surface area contributed by atoms with Gasteiger partial charge in [0.15, 0.2) is 5.03 Å². The Morgan fingerprint density at radius 2 is 1.89 bits per heavy atom. The highest BCUT2D eigenvalue weighted by Gasteiger charge is 2.40. The first-order chi connectivity index (χ1) is 17.0. The van der Waals surface area contributed by atoms with E-state index in [9.17, 15) is 13.2 Å². The molecule has 1 aromatic carbocycles. The molecule has 1 fully saturated rings. The number of primary amides is 1. The zero-order chi connectivity index (χ0) is 26.1. The Labute approximate surface area is 211 Å². The number of carbonyl (C=O) groups excluding carboxylic acids is 1. The maximum atomic E-state index is 13.7. The number of pyridine rings is 2. The molecule has 1 aliphatic heterocycles. The van der Waals surface area contributed by atoms with Crippen LogP contribution in [0.2, 0.25) is 0 Å². The molecular weight excluding hydrogens is 480 g/mol. The van der Waals surface area contributed by atoms with E-state index in [2.05, 4.69) is 16.9 Å². The van der Waals surface area contributed by atoms with Crippen LogP contribution in [0, 0.1) is 5.92 Å². The van der Waals surface area contributed by atoms with Crippen molar-refractivity contribution in [3.05, 3.63) is 60.3 Å². The van der Waals surface area contributed by atoms with Gasteiger partial charge in [-0.2, -0.15) is 0 Å². The molecule has 1 amide bonds. The van der Waals surface area contributed by atoms with Crippen molar-refractivity contribution in [2.75, 3.05) is 18.1 Å². The lowest BCUT2D eigenvalue weighted by Crippen LogP contribution is -2.40. The molecule has 0 radical (unpaired) electrons. The monoisotopic (exact) mass is 510 g/mol. The lowest BCUT2D eigenvalue weighted by Gasteiger charge is -2.33. The fourth-order valence-electron chi connectivity index (χ4n) is 4.68. The highest BCUT2D eigenvalue weighted by molar-refractivity contribution is 7.91. The van der Waals surface area contributed by atoms with Crippen molar-refractivity contribution in [3.8, 4) is 17.4 Å². The van der Waals surface area contributed by atoms with Gasteiger partial charge in [-0.15, -0.1) is 0 Å². The summed E-state index contributed by atoms with van der Waals surface area (Å²) in [6, 6.07) is 12.7. The molecule has 1 saturated heterocycles. The Morgan fingerprint density at radius 3 is 2.56 bits per heavy atom. The van der Waals surface area contributed by atoms with E-state index in [1.807, 2.05) is 25.7 Å². The number of carbonyl (C=O) groups is 1. The summed E-state index contributed by atoms with van der Waals surface area (Å²) >= 11 is 0. The highest BCUT2D eigenvalue weighted by Crippen LogP contribution is 2.39. The zero-order valence-electron chi connectivity index (χ0n) is 20.8. The van der Waals surface area contributed by atoms with Crippen LogP contribution < -0.4 is 20.1 Å². The second kappa shape index (κ2) is 9.77. The van der Waals surface area contributed by atoms with Gasteiger partial charge in [-0.3, -0.25) is 4.79 Å². The first-order valence-corrected chi connectivity index (χ1v) is 13.2. The lowest BCUT2D eigenvalue weighted by atomic mass is 9.97. The quantitative estimate of drug-likeness (QED) is 0.477. The van der Waals surface area contributed by atoms with Crippen molar-refractivity contribution < 1.29 is 22.7 Å². The molecule has 2 aromatic heterocycles. The van der Waals surface area contributed by atoms with Crippen LogP contribution in [0.15, 0.2) is 64.6 Å². The van der Waals surface area contributed by atoms with Gasteiger partial charge in [-0.25, -0.2) is 18.4 Å². The number of nitrogens with two attached hydrogens (primary N) is 1. The number of ether oxygens (including phenoxy) is 2. The molecule has 3 aromatic rings. The third-order valence-corrected chi connectivity index (χ3v) is 7.77. The topological polar surface area (TPSA) is 125 Å². The summed E-state index contributed by atoms with van der Waals surface area (Å²) in [5, 5.41) is -0.269. The standard InChI is InChI=1S/C26H30N4O5S/c1-5-34-18-8-6-9-19(14-18)35-21-10-7-11-22(29-21)36(32,33)20-12-13-28-25(23(20)24(27)31)30-16-17(2)15-26(30,3)4/h6-14,17H,5,15-16H2,1-4H3,(H2,27,31). The summed E-state index contributed by atoms with van der Waals surface area (Å²) in [4.78, 5) is 22.9. The third kappa shape index (κ3) is 4.99. The van der Waals surface area contributed by atoms with E-state index in [1.165, 1.54) is 24.4 Å². The van der Waals surface area contributed by atoms with Gasteiger partial charge in [0, 0.05) is 30.4 Å². The van der Waals surface area contributed by atoms with Crippen molar-refractivity contribution in [1.82, 2.24) is 9.97 Å². The minimum atomic E-state index is -4.23. The molecule has 3 heterocycles. The van der Waals surface area contributed by atoms with Crippen molar-refractivity contribution in [2.45, 2.75) is 49.6 Å². The molecule has 36 heavy (non-hydrogen) atoms. The average Bonchev–Trinajstić information content (AvgIpc) is 3.10. The molecule has 0 saturated carbocycles. The van der Waals surface area contributed by atoms with Gasteiger partial charge in [-0.1, -0.05) is 19.1 Å². The Kier molecular flexibility index (Phi) is 6.90. The van der Waals surface area contributed by atoms with Crippen molar-refractivity contribution in [1.29, 1.82) is 0 Å². The Balaban J connectivity index is 1.74. The first kappa shape index (κ1) is 25.4. The number of nitrogens with zero attached hydrogens (tertiary/aromatic N) is 3. The summed E-state index contributed by atoms with van der Waals surface area (Å²) in [5.74, 6) is 0.879. The van der Waals surface area contributed by atoms with Crippen LogP contribution in [-0.2, 0) is 9.84 Å². The van der Waals surface area contributed by atoms with E-state index in [0.717, 1.165) is 6.42 Å². The van der Waals surface area contributed by atoms with E-state index >= 15 is 0 Å². The molecule has 1 unspecified atom stereocenters. The average molecular weight is 511 g/mol. The Hall–Kier alpha value is -3.66. The molecule has 0 bridgehead atoms. The van der Waals surface area contributed by atoms with Crippen molar-refractivity contribution in [2.24, 2.45) is 11.7 Å². The minimum absolute atomic E-state index is 0.0779. The number of amides is 1. The predicted octanol–water partition coefficient (Wildman–Crippen LogP) is 4.22. The molecule has 1 atom stereocenters. The molecule has 4 rings (SSSR count). The maximum absolute atomic E-state index is 13.7. The largest absolute Gasteiger partial charge is 0.494 e. The predicted molar refractivity (Wildman–Crippen MR) is 135 cm³/mol. The fourth-order valence-corrected chi connectivity index (χ4v) is 6.08. The molecule has 10 heteroatoms. The van der Waals surface area contributed by atoms with E-state index < -0.39 is 15.7 Å². The Morgan fingerprint density at radius 1 is 1.17 bits per heavy atom. The summed E-state index contributed by atoms with van der Waals surface area (Å²) in [7, 11) is -4.23. The van der Waals surface area contributed by atoms with Crippen LogP contribution >= 0.6 is 0 Å². The summed E-state index contributed by atoms with van der Waals surface area (Å²) in [5.41, 5.74) is 5.26. The number of rotatable bonds is 8. The second-order valence-electron chi connectivity index (χ2n) is 9.43. The summed E-state index contributed by atoms with van der Waals surface area (Å²) in [6.45, 7) is 9.18. The molecule has 1 aliphatic rings. The number of hydrogen-bond donors (Lipinski definition) is 1. The Bertz CT molecular complexity index is 1390. The first-order valence-electron chi connectivity index (χ1n) is 11.7. The maximum Gasteiger partial charge on any atom is 0.253 e. The molecular formula is C26H30N4O5S. The molecule has 0 spiro atoms. The van der Waals surface area contributed by atoms with E-state index in [1.54, 1.807) is 30.3 Å². The minimum Gasteiger partial charge on any atom is -0.494 e. The van der Waals surface area contributed by atoms with Gasteiger partial charge < -0.3 is 20.1 Å². The van der Waals surface area contributed by atoms with Gasteiger partial charge in [0.05, 0.1) is 11.5 Å². The molecule has 2 N–H and O–H groups in total. The number of benzene rings is 1. The van der Waals surface area contributed by atoms with Crippen LogP contribution in [0.4, 0.5) is 5.82 Å². The van der Waals surface area contributed by atoms with Gasteiger partial charge in [0.1, 0.15) is 22.9 Å². The summed E-state index contributed by atoms with van der Waals surface area (Å²) < 4.78 is 38.7. The third-order valence-electron chi connectivity index (χ3n) is 6.07. The second-order valence-corrected chi connectivity index (χ2v) is 11.3. The number of sulfone groups is 1.